The summed E-state index contributed by atoms with van der Waals surface area (Å²) in [5.41, 5.74) is 4.24. The van der Waals surface area contributed by atoms with Gasteiger partial charge in [-0.3, -0.25) is 4.79 Å². The molecule has 1 amide bonds. The van der Waals surface area contributed by atoms with Crippen LogP contribution in [0.25, 0.3) is 11.1 Å². The lowest BCUT2D eigenvalue weighted by Gasteiger charge is -2.24. The summed E-state index contributed by atoms with van der Waals surface area (Å²) in [7, 11) is -3.69. The van der Waals surface area contributed by atoms with E-state index in [-0.39, 0.29) is 24.1 Å². The number of ether oxygens (including phenoxy) is 1. The molecule has 9 heteroatoms. The number of rotatable bonds is 12. The van der Waals surface area contributed by atoms with Gasteiger partial charge in [-0.05, 0) is 79.5 Å². The summed E-state index contributed by atoms with van der Waals surface area (Å²) in [5.74, 6) is -0.275. The van der Waals surface area contributed by atoms with E-state index in [0.29, 0.717) is 12.3 Å². The zero-order valence-corrected chi connectivity index (χ0v) is 24.5. The number of carbonyl (C=O) groups is 1. The molecule has 0 spiro atoms. The lowest BCUT2D eigenvalue weighted by atomic mass is 9.97. The van der Waals surface area contributed by atoms with Crippen LogP contribution < -0.4 is 14.8 Å². The van der Waals surface area contributed by atoms with E-state index in [1.54, 1.807) is 6.07 Å². The quantitative estimate of drug-likeness (QED) is 0.244. The second-order valence-corrected chi connectivity index (χ2v) is 12.0. The Morgan fingerprint density at radius 2 is 1.65 bits per heavy atom. The van der Waals surface area contributed by atoms with Gasteiger partial charge in [-0.15, -0.1) is 12.4 Å². The maximum Gasteiger partial charge on any atom is 0.268 e. The number of amides is 1. The van der Waals surface area contributed by atoms with Crippen molar-refractivity contribution in [1.82, 2.24) is 10.0 Å². The smallest absolute Gasteiger partial charge is 0.268 e. The summed E-state index contributed by atoms with van der Waals surface area (Å²) in [6, 6.07) is 23.2. The molecule has 3 N–H and O–H groups in total. The molecule has 0 saturated heterocycles. The van der Waals surface area contributed by atoms with Crippen LogP contribution in [0.2, 0.25) is 0 Å². The summed E-state index contributed by atoms with van der Waals surface area (Å²) in [6.45, 7) is 1.33. The standard InChI is InChI=1S/C31H38N2O5S.ClH/c1-39(36,37)33-31(35)28-19-18-26(21-30(28)38-27-12-6-3-7-13-27)24-16-14-23(15-17-24)9-8-20-32-22-29(34)25-10-4-2-5-11-25;/h2,4-5,10-11,14-19,21,27,29,32,34H,3,6-9,12-13,20,22H2,1H3,(H,33,35);1H/t29-;/m0./s1. The first-order chi connectivity index (χ1) is 18.8. The number of hydrogen-bond donors (Lipinski definition) is 3. The Morgan fingerprint density at radius 1 is 0.975 bits per heavy atom. The largest absolute Gasteiger partial charge is 0.490 e. The minimum Gasteiger partial charge on any atom is -0.490 e. The van der Waals surface area contributed by atoms with Gasteiger partial charge in [0.05, 0.1) is 24.0 Å². The van der Waals surface area contributed by atoms with E-state index in [0.717, 1.165) is 68.0 Å². The normalized spacial score (nSPS) is 14.7. The number of aliphatic hydroxyl groups excluding tert-OH is 1. The van der Waals surface area contributed by atoms with Gasteiger partial charge in [-0.25, -0.2) is 13.1 Å². The number of sulfonamides is 1. The number of benzene rings is 3. The van der Waals surface area contributed by atoms with Crippen LogP contribution in [0.1, 0.15) is 66.1 Å². The third kappa shape index (κ3) is 9.63. The molecule has 0 aromatic heterocycles. The summed E-state index contributed by atoms with van der Waals surface area (Å²) in [5, 5.41) is 13.6. The molecule has 3 aromatic rings. The molecule has 0 bridgehead atoms. The topological polar surface area (TPSA) is 105 Å². The van der Waals surface area contributed by atoms with Crippen LogP contribution in [0.5, 0.6) is 5.75 Å². The fourth-order valence-electron chi connectivity index (χ4n) is 4.89. The van der Waals surface area contributed by atoms with Crippen molar-refractivity contribution >= 4 is 28.3 Å². The minimum atomic E-state index is -3.69. The van der Waals surface area contributed by atoms with Gasteiger partial charge >= 0.3 is 0 Å². The monoisotopic (exact) mass is 586 g/mol. The van der Waals surface area contributed by atoms with Gasteiger partial charge < -0.3 is 15.2 Å². The molecule has 0 radical (unpaired) electrons. The second kappa shape index (κ2) is 15.2. The lowest BCUT2D eigenvalue weighted by molar-refractivity contribution is 0.0969. The summed E-state index contributed by atoms with van der Waals surface area (Å²) < 4.78 is 31.6. The fourth-order valence-corrected chi connectivity index (χ4v) is 5.33. The van der Waals surface area contributed by atoms with Crippen molar-refractivity contribution in [2.75, 3.05) is 19.3 Å². The Labute approximate surface area is 243 Å². The minimum absolute atomic E-state index is 0. The average Bonchev–Trinajstić information content (AvgIpc) is 2.93. The van der Waals surface area contributed by atoms with Gasteiger partial charge in [0, 0.05) is 6.54 Å². The molecule has 216 valence electrons. The van der Waals surface area contributed by atoms with Crippen LogP contribution in [0.4, 0.5) is 0 Å². The molecule has 4 rings (SSSR count). The zero-order valence-electron chi connectivity index (χ0n) is 22.8. The van der Waals surface area contributed by atoms with Crippen LogP contribution in [-0.4, -0.2) is 44.9 Å². The van der Waals surface area contributed by atoms with Crippen LogP contribution in [0.15, 0.2) is 72.8 Å². The first kappa shape index (κ1) is 31.6. The maximum absolute atomic E-state index is 12.7. The molecule has 7 nitrogen and oxygen atoms in total. The number of nitrogens with one attached hydrogen (secondary N) is 2. The Balaban J connectivity index is 0.00000441. The van der Waals surface area contributed by atoms with E-state index in [2.05, 4.69) is 34.3 Å². The van der Waals surface area contributed by atoms with Crippen molar-refractivity contribution in [1.29, 1.82) is 0 Å². The van der Waals surface area contributed by atoms with Gasteiger partial charge in [0.2, 0.25) is 10.0 Å². The van der Waals surface area contributed by atoms with Crippen LogP contribution in [-0.2, 0) is 16.4 Å². The van der Waals surface area contributed by atoms with E-state index >= 15 is 0 Å². The number of hydrogen-bond acceptors (Lipinski definition) is 6. The Hall–Kier alpha value is -2.91. The molecule has 0 heterocycles. The SMILES string of the molecule is CS(=O)(=O)NC(=O)c1ccc(-c2ccc(CCCNC[C@H](O)c3ccccc3)cc2)cc1OC1CCCCC1.Cl. The van der Waals surface area contributed by atoms with E-state index in [1.807, 2.05) is 42.5 Å². The highest BCUT2D eigenvalue weighted by Gasteiger charge is 2.21. The zero-order chi connectivity index (χ0) is 27.7. The van der Waals surface area contributed by atoms with Gasteiger partial charge in [0.1, 0.15) is 5.75 Å². The van der Waals surface area contributed by atoms with Crippen molar-refractivity contribution in [2.24, 2.45) is 0 Å². The molecule has 1 aliphatic carbocycles. The van der Waals surface area contributed by atoms with E-state index < -0.39 is 22.0 Å². The highest BCUT2D eigenvalue weighted by molar-refractivity contribution is 7.89. The molecule has 1 fully saturated rings. The number of halogens is 1. The first-order valence-electron chi connectivity index (χ1n) is 13.6. The highest BCUT2D eigenvalue weighted by atomic mass is 35.5. The average molecular weight is 587 g/mol. The van der Waals surface area contributed by atoms with Gasteiger partial charge in [-0.2, -0.15) is 0 Å². The second-order valence-electron chi connectivity index (χ2n) is 10.2. The number of carbonyl (C=O) groups excluding carboxylic acids is 1. The van der Waals surface area contributed by atoms with Crippen molar-refractivity contribution in [3.63, 3.8) is 0 Å². The first-order valence-corrected chi connectivity index (χ1v) is 15.5. The molecule has 0 aliphatic heterocycles. The molecule has 1 atom stereocenters. The van der Waals surface area contributed by atoms with Gasteiger partial charge in [0.15, 0.2) is 0 Å². The van der Waals surface area contributed by atoms with E-state index in [9.17, 15) is 18.3 Å². The Morgan fingerprint density at radius 3 is 2.33 bits per heavy atom. The molecule has 3 aromatic carbocycles. The van der Waals surface area contributed by atoms with E-state index in [1.165, 1.54) is 12.0 Å². The van der Waals surface area contributed by atoms with Crippen LogP contribution >= 0.6 is 12.4 Å². The van der Waals surface area contributed by atoms with Crippen LogP contribution in [0.3, 0.4) is 0 Å². The summed E-state index contributed by atoms with van der Waals surface area (Å²) >= 11 is 0. The maximum atomic E-state index is 12.7. The Bertz CT molecular complexity index is 1330. The molecular weight excluding hydrogens is 548 g/mol. The van der Waals surface area contributed by atoms with Gasteiger partial charge in [0.25, 0.3) is 5.91 Å². The predicted octanol–water partition coefficient (Wildman–Crippen LogP) is 5.43. The molecule has 40 heavy (non-hydrogen) atoms. The Kier molecular flexibility index (Phi) is 12.0. The van der Waals surface area contributed by atoms with Crippen molar-refractivity contribution in [2.45, 2.75) is 57.2 Å². The van der Waals surface area contributed by atoms with Crippen LogP contribution in [0, 0.1) is 0 Å². The number of aryl methyl sites for hydroxylation is 1. The molecular formula is C31H39ClN2O5S. The van der Waals surface area contributed by atoms with Crippen molar-refractivity contribution < 1.29 is 23.1 Å². The number of aliphatic hydroxyl groups is 1. The fraction of sp³-hybridized carbons (Fsp3) is 0.387. The van der Waals surface area contributed by atoms with Gasteiger partial charge in [-0.1, -0.05) is 67.1 Å². The molecule has 1 aliphatic rings. The van der Waals surface area contributed by atoms with Crippen molar-refractivity contribution in [3.8, 4) is 16.9 Å². The van der Waals surface area contributed by atoms with Crippen molar-refractivity contribution in [3.05, 3.63) is 89.5 Å². The third-order valence-electron chi connectivity index (χ3n) is 6.98. The van der Waals surface area contributed by atoms with E-state index in [4.69, 9.17) is 4.74 Å². The lowest BCUT2D eigenvalue weighted by Crippen LogP contribution is -2.30. The molecule has 1 saturated carbocycles. The molecule has 0 unspecified atom stereocenters. The summed E-state index contributed by atoms with van der Waals surface area (Å²) in [4.78, 5) is 12.7. The predicted molar refractivity (Wildman–Crippen MR) is 162 cm³/mol. The summed E-state index contributed by atoms with van der Waals surface area (Å²) in [6.07, 6.45) is 7.52. The third-order valence-corrected chi connectivity index (χ3v) is 7.53. The highest BCUT2D eigenvalue weighted by Crippen LogP contribution is 2.31.